The van der Waals surface area contributed by atoms with Crippen LogP contribution in [0.2, 0.25) is 0 Å². The minimum Gasteiger partial charge on any atom is -0.398 e. The normalized spacial score (nSPS) is 12.7. The van der Waals surface area contributed by atoms with Gasteiger partial charge in [0.05, 0.1) is 22.8 Å². The van der Waals surface area contributed by atoms with Gasteiger partial charge in [-0.2, -0.15) is 13.2 Å². The van der Waals surface area contributed by atoms with Crippen molar-refractivity contribution < 1.29 is 26.0 Å². The van der Waals surface area contributed by atoms with Gasteiger partial charge in [-0.1, -0.05) is 0 Å². The molecular weight excluding hydrogens is 262 g/mol. The highest BCUT2D eigenvalue weighted by atomic mass is 32.2. The van der Waals surface area contributed by atoms with Gasteiger partial charge in [0, 0.05) is 0 Å². The number of halogens is 4. The number of nitrogen functional groups attached to an aromatic ring is 1. The Morgan fingerprint density at radius 3 is 2.35 bits per heavy atom. The van der Waals surface area contributed by atoms with Crippen LogP contribution in [0.25, 0.3) is 0 Å². The summed E-state index contributed by atoms with van der Waals surface area (Å²) in [5.74, 6) is -2.02. The molecule has 0 saturated heterocycles. The summed E-state index contributed by atoms with van der Waals surface area (Å²) in [4.78, 5) is -0.609. The molecule has 8 heteroatoms. The van der Waals surface area contributed by atoms with E-state index in [0.29, 0.717) is 6.07 Å². The fourth-order valence-corrected chi connectivity index (χ4v) is 2.58. The number of benzene rings is 1. The molecule has 96 valence electrons. The summed E-state index contributed by atoms with van der Waals surface area (Å²) in [7, 11) is -4.23. The van der Waals surface area contributed by atoms with Crippen LogP contribution in [-0.2, 0) is 9.84 Å². The molecule has 0 aliphatic carbocycles. The molecule has 0 aromatic heterocycles. The molecule has 1 aromatic rings. The summed E-state index contributed by atoms with van der Waals surface area (Å²) >= 11 is 0. The van der Waals surface area contributed by atoms with Gasteiger partial charge in [0.2, 0.25) is 0 Å². The summed E-state index contributed by atoms with van der Waals surface area (Å²) in [5.41, 5.74) is 5.02. The first-order chi connectivity index (χ1) is 7.62. The lowest BCUT2D eigenvalue weighted by molar-refractivity contribution is -0.129. The SMILES string of the molecule is Nc1ccc(F)cc1S(=O)(=O)CCC(F)(F)F. The van der Waals surface area contributed by atoms with Gasteiger partial charge in [-0.3, -0.25) is 0 Å². The molecule has 1 rings (SSSR count). The number of rotatable bonds is 3. The van der Waals surface area contributed by atoms with E-state index in [-0.39, 0.29) is 5.69 Å². The standard InChI is InChI=1S/C9H9F4NO2S/c10-6-1-2-7(14)8(5-6)17(15,16)4-3-9(11,12)13/h1-2,5H,3-4,14H2. The van der Waals surface area contributed by atoms with Crippen molar-refractivity contribution in [2.75, 3.05) is 11.5 Å². The second-order valence-electron chi connectivity index (χ2n) is 3.37. The molecule has 0 fully saturated rings. The number of alkyl halides is 3. The maximum absolute atomic E-state index is 12.8. The fourth-order valence-electron chi connectivity index (χ4n) is 1.14. The maximum atomic E-state index is 12.8. The van der Waals surface area contributed by atoms with E-state index in [2.05, 4.69) is 0 Å². The molecule has 2 N–H and O–H groups in total. The molecule has 0 spiro atoms. The van der Waals surface area contributed by atoms with Crippen molar-refractivity contribution in [3.63, 3.8) is 0 Å². The minimum atomic E-state index is -4.59. The van der Waals surface area contributed by atoms with Crippen LogP contribution in [0.5, 0.6) is 0 Å². The van der Waals surface area contributed by atoms with Crippen molar-refractivity contribution >= 4 is 15.5 Å². The van der Waals surface area contributed by atoms with E-state index in [9.17, 15) is 26.0 Å². The molecular formula is C9H9F4NO2S. The van der Waals surface area contributed by atoms with Crippen molar-refractivity contribution in [2.45, 2.75) is 17.5 Å². The zero-order chi connectivity index (χ0) is 13.3. The summed E-state index contributed by atoms with van der Waals surface area (Å²) in [6.45, 7) is 0. The lowest BCUT2D eigenvalue weighted by Crippen LogP contribution is -2.17. The van der Waals surface area contributed by atoms with Crippen LogP contribution in [0.1, 0.15) is 6.42 Å². The van der Waals surface area contributed by atoms with E-state index in [4.69, 9.17) is 5.73 Å². The Bertz CT molecular complexity index is 510. The zero-order valence-electron chi connectivity index (χ0n) is 8.46. The van der Waals surface area contributed by atoms with E-state index < -0.39 is 38.9 Å². The van der Waals surface area contributed by atoms with Gasteiger partial charge in [0.1, 0.15) is 5.82 Å². The van der Waals surface area contributed by atoms with Crippen LogP contribution < -0.4 is 5.73 Å². The van der Waals surface area contributed by atoms with Crippen molar-refractivity contribution in [1.29, 1.82) is 0 Å². The molecule has 0 atom stereocenters. The topological polar surface area (TPSA) is 60.2 Å². The van der Waals surface area contributed by atoms with Crippen LogP contribution in [0.4, 0.5) is 23.2 Å². The average molecular weight is 271 g/mol. The third kappa shape index (κ3) is 3.88. The highest BCUT2D eigenvalue weighted by Gasteiger charge is 2.31. The van der Waals surface area contributed by atoms with Crippen LogP contribution in [0.15, 0.2) is 23.1 Å². The predicted molar refractivity (Wildman–Crippen MR) is 53.5 cm³/mol. The van der Waals surface area contributed by atoms with E-state index in [1.807, 2.05) is 0 Å². The highest BCUT2D eigenvalue weighted by Crippen LogP contribution is 2.25. The van der Waals surface area contributed by atoms with Gasteiger partial charge in [0.15, 0.2) is 9.84 Å². The molecule has 0 bridgehead atoms. The van der Waals surface area contributed by atoms with E-state index >= 15 is 0 Å². The van der Waals surface area contributed by atoms with Crippen molar-refractivity contribution in [3.8, 4) is 0 Å². The zero-order valence-corrected chi connectivity index (χ0v) is 9.28. The summed E-state index contributed by atoms with van der Waals surface area (Å²) in [5, 5.41) is 0. The quantitative estimate of drug-likeness (QED) is 0.676. The van der Waals surface area contributed by atoms with Crippen LogP contribution >= 0.6 is 0 Å². The Balaban J connectivity index is 3.02. The summed E-state index contributed by atoms with van der Waals surface area (Å²) in [6, 6.07) is 2.54. The molecule has 0 saturated carbocycles. The van der Waals surface area contributed by atoms with E-state index in [1.165, 1.54) is 0 Å². The lowest BCUT2D eigenvalue weighted by atomic mass is 10.3. The molecule has 0 heterocycles. The Labute approximate surface area is 95.2 Å². The van der Waals surface area contributed by atoms with Gasteiger partial charge in [-0.25, -0.2) is 12.8 Å². The third-order valence-corrected chi connectivity index (χ3v) is 3.73. The monoisotopic (exact) mass is 271 g/mol. The Morgan fingerprint density at radius 2 is 1.82 bits per heavy atom. The highest BCUT2D eigenvalue weighted by molar-refractivity contribution is 7.91. The van der Waals surface area contributed by atoms with Crippen molar-refractivity contribution in [1.82, 2.24) is 0 Å². The van der Waals surface area contributed by atoms with Crippen LogP contribution in [0, 0.1) is 5.82 Å². The van der Waals surface area contributed by atoms with Crippen molar-refractivity contribution in [2.24, 2.45) is 0 Å². The van der Waals surface area contributed by atoms with Crippen LogP contribution in [0.3, 0.4) is 0 Å². The molecule has 0 amide bonds. The number of sulfone groups is 1. The van der Waals surface area contributed by atoms with E-state index in [0.717, 1.165) is 12.1 Å². The van der Waals surface area contributed by atoms with Gasteiger partial charge < -0.3 is 5.73 Å². The molecule has 0 aliphatic heterocycles. The Morgan fingerprint density at radius 1 is 1.24 bits per heavy atom. The molecule has 3 nitrogen and oxygen atoms in total. The molecule has 1 aromatic carbocycles. The molecule has 0 unspecified atom stereocenters. The largest absolute Gasteiger partial charge is 0.398 e. The first kappa shape index (κ1) is 13.8. The third-order valence-electron chi connectivity index (χ3n) is 1.96. The van der Waals surface area contributed by atoms with Crippen molar-refractivity contribution in [3.05, 3.63) is 24.0 Å². The average Bonchev–Trinajstić information content (AvgIpc) is 2.18. The molecule has 0 radical (unpaired) electrons. The number of hydrogen-bond acceptors (Lipinski definition) is 3. The minimum absolute atomic E-state index is 0.270. The second kappa shape index (κ2) is 4.52. The smallest absolute Gasteiger partial charge is 0.390 e. The van der Waals surface area contributed by atoms with Gasteiger partial charge in [-0.05, 0) is 18.2 Å². The Hall–Kier alpha value is -1.31. The predicted octanol–water partition coefficient (Wildman–Crippen LogP) is 2.13. The first-order valence-electron chi connectivity index (χ1n) is 4.46. The fraction of sp³-hybridized carbons (Fsp3) is 0.333. The second-order valence-corrected chi connectivity index (χ2v) is 5.44. The van der Waals surface area contributed by atoms with Gasteiger partial charge >= 0.3 is 6.18 Å². The Kier molecular flexibility index (Phi) is 3.65. The summed E-state index contributed by atoms with van der Waals surface area (Å²) < 4.78 is 71.6. The van der Waals surface area contributed by atoms with E-state index in [1.54, 1.807) is 0 Å². The first-order valence-corrected chi connectivity index (χ1v) is 6.11. The maximum Gasteiger partial charge on any atom is 0.390 e. The van der Waals surface area contributed by atoms with Gasteiger partial charge in [-0.15, -0.1) is 0 Å². The van der Waals surface area contributed by atoms with Gasteiger partial charge in [0.25, 0.3) is 0 Å². The number of nitrogens with two attached hydrogens (primary N) is 1. The summed E-state index contributed by atoms with van der Waals surface area (Å²) in [6.07, 6.45) is -6.08. The molecule has 17 heavy (non-hydrogen) atoms. The molecule has 0 aliphatic rings. The lowest BCUT2D eigenvalue weighted by Gasteiger charge is -2.09. The number of hydrogen-bond donors (Lipinski definition) is 1. The number of anilines is 1. The van der Waals surface area contributed by atoms with Crippen LogP contribution in [-0.4, -0.2) is 20.3 Å².